The zero-order valence-corrected chi connectivity index (χ0v) is 12.2. The summed E-state index contributed by atoms with van der Waals surface area (Å²) in [6, 6.07) is 6.26. The number of hydrogen-bond acceptors (Lipinski definition) is 1. The fourth-order valence-electron chi connectivity index (χ4n) is 3.41. The molecule has 0 spiro atoms. The highest BCUT2D eigenvalue weighted by Crippen LogP contribution is 2.28. The zero-order chi connectivity index (χ0) is 13.9. The Morgan fingerprint density at radius 2 is 1.95 bits per heavy atom. The molecule has 1 saturated carbocycles. The van der Waals surface area contributed by atoms with Gasteiger partial charge in [-0.1, -0.05) is 50.2 Å². The average molecular weight is 269 g/mol. The summed E-state index contributed by atoms with van der Waals surface area (Å²) in [7, 11) is 0. The first-order valence-corrected chi connectivity index (χ1v) is 7.85. The smallest absolute Gasteiger partial charge is 0.165 e. The van der Waals surface area contributed by atoms with Crippen LogP contribution in [0.15, 0.2) is 24.4 Å². The molecule has 2 nitrogen and oxygen atoms in total. The maximum atomic E-state index is 12.6. The summed E-state index contributed by atoms with van der Waals surface area (Å²) < 4.78 is 0. The zero-order valence-electron chi connectivity index (χ0n) is 12.2. The molecule has 1 fully saturated rings. The molecule has 0 bridgehead atoms. The third kappa shape index (κ3) is 2.79. The molecule has 0 saturated heterocycles. The van der Waals surface area contributed by atoms with Gasteiger partial charge in [0.25, 0.3) is 0 Å². The lowest BCUT2D eigenvalue weighted by molar-refractivity contribution is 0.0958. The van der Waals surface area contributed by atoms with Crippen LogP contribution in [-0.4, -0.2) is 10.8 Å². The van der Waals surface area contributed by atoms with Crippen LogP contribution >= 0.6 is 0 Å². The first-order chi connectivity index (χ1) is 9.74. The van der Waals surface area contributed by atoms with Gasteiger partial charge in [0, 0.05) is 29.1 Å². The Morgan fingerprint density at radius 1 is 1.20 bits per heavy atom. The molecule has 1 aromatic carbocycles. The number of Topliss-reactive ketones (excluding diaryl/α,β-unsaturated/α-hetero) is 1. The summed E-state index contributed by atoms with van der Waals surface area (Å²) in [4.78, 5) is 15.8. The van der Waals surface area contributed by atoms with Gasteiger partial charge in [-0.05, 0) is 25.0 Å². The molecule has 0 atom stereocenters. The molecule has 20 heavy (non-hydrogen) atoms. The highest BCUT2D eigenvalue weighted by Gasteiger charge is 2.19. The minimum absolute atomic E-state index is 0.314. The molecule has 2 heteroatoms. The maximum Gasteiger partial charge on any atom is 0.165 e. The number of fused-ring (bicyclic) bond motifs is 1. The number of carbonyl (C=O) groups is 1. The molecular weight excluding hydrogens is 246 g/mol. The van der Waals surface area contributed by atoms with Crippen molar-refractivity contribution in [1.29, 1.82) is 0 Å². The van der Waals surface area contributed by atoms with E-state index in [0.29, 0.717) is 11.7 Å². The monoisotopic (exact) mass is 269 g/mol. The van der Waals surface area contributed by atoms with Gasteiger partial charge in [-0.15, -0.1) is 0 Å². The molecular formula is C18H23NO. The number of aromatic amines is 1. The fourth-order valence-corrected chi connectivity index (χ4v) is 3.41. The highest BCUT2D eigenvalue weighted by molar-refractivity contribution is 6.08. The fraction of sp³-hybridized carbons (Fsp3) is 0.500. The summed E-state index contributed by atoms with van der Waals surface area (Å²) >= 11 is 0. The number of aryl methyl sites for hydroxylation is 1. The van der Waals surface area contributed by atoms with E-state index in [1.54, 1.807) is 0 Å². The molecule has 0 radical (unpaired) electrons. The molecule has 0 amide bonds. The van der Waals surface area contributed by atoms with Gasteiger partial charge in [-0.3, -0.25) is 4.79 Å². The predicted octanol–water partition coefficient (Wildman–Crippen LogP) is 5.02. The van der Waals surface area contributed by atoms with Gasteiger partial charge in [0.1, 0.15) is 0 Å². The van der Waals surface area contributed by atoms with E-state index < -0.39 is 0 Å². The van der Waals surface area contributed by atoms with E-state index in [4.69, 9.17) is 0 Å². The molecule has 1 aliphatic rings. The number of aromatic nitrogens is 1. The minimum atomic E-state index is 0.314. The van der Waals surface area contributed by atoms with Crippen molar-refractivity contribution in [1.82, 2.24) is 4.98 Å². The SMILES string of the molecule is Cc1ccc2[nH]cc(C(=O)CC3CCCCCC3)c2c1. The number of ketones is 1. The van der Waals surface area contributed by atoms with E-state index in [0.717, 1.165) is 22.9 Å². The molecule has 0 unspecified atom stereocenters. The van der Waals surface area contributed by atoms with Crippen molar-refractivity contribution in [2.24, 2.45) is 5.92 Å². The highest BCUT2D eigenvalue weighted by atomic mass is 16.1. The number of hydrogen-bond donors (Lipinski definition) is 1. The average Bonchev–Trinajstić information content (AvgIpc) is 2.67. The lowest BCUT2D eigenvalue weighted by Crippen LogP contribution is -2.08. The third-order valence-electron chi connectivity index (χ3n) is 4.59. The van der Waals surface area contributed by atoms with E-state index in [1.165, 1.54) is 44.1 Å². The lowest BCUT2D eigenvalue weighted by Gasteiger charge is -2.12. The van der Waals surface area contributed by atoms with E-state index in [2.05, 4.69) is 30.1 Å². The molecule has 106 valence electrons. The Kier molecular flexibility index (Phi) is 3.90. The van der Waals surface area contributed by atoms with Crippen molar-refractivity contribution >= 4 is 16.7 Å². The summed E-state index contributed by atoms with van der Waals surface area (Å²) in [6.07, 6.45) is 10.4. The van der Waals surface area contributed by atoms with Gasteiger partial charge in [0.15, 0.2) is 5.78 Å². The quantitative estimate of drug-likeness (QED) is 0.616. The van der Waals surface area contributed by atoms with Gasteiger partial charge >= 0.3 is 0 Å². The van der Waals surface area contributed by atoms with Crippen LogP contribution in [0.5, 0.6) is 0 Å². The topological polar surface area (TPSA) is 32.9 Å². The van der Waals surface area contributed by atoms with Crippen molar-refractivity contribution in [2.45, 2.75) is 51.9 Å². The largest absolute Gasteiger partial charge is 0.360 e. The first-order valence-electron chi connectivity index (χ1n) is 7.85. The van der Waals surface area contributed by atoms with Crippen LogP contribution in [0, 0.1) is 12.8 Å². The number of nitrogens with one attached hydrogen (secondary N) is 1. The van der Waals surface area contributed by atoms with Crippen LogP contribution in [-0.2, 0) is 0 Å². The number of rotatable bonds is 3. The van der Waals surface area contributed by atoms with E-state index in [-0.39, 0.29) is 0 Å². The molecule has 1 aromatic heterocycles. The molecule has 1 heterocycles. The van der Waals surface area contributed by atoms with Gasteiger partial charge in [0.05, 0.1) is 0 Å². The molecule has 2 aromatic rings. The van der Waals surface area contributed by atoms with E-state index >= 15 is 0 Å². The normalized spacial score (nSPS) is 17.2. The van der Waals surface area contributed by atoms with Crippen LogP contribution in [0.3, 0.4) is 0 Å². The van der Waals surface area contributed by atoms with E-state index in [1.807, 2.05) is 6.20 Å². The maximum absolute atomic E-state index is 12.6. The molecule has 1 aliphatic carbocycles. The lowest BCUT2D eigenvalue weighted by atomic mass is 9.92. The first kappa shape index (κ1) is 13.4. The summed E-state index contributed by atoms with van der Waals surface area (Å²) in [5.41, 5.74) is 3.16. The van der Waals surface area contributed by atoms with E-state index in [9.17, 15) is 4.79 Å². The molecule has 3 rings (SSSR count). The van der Waals surface area contributed by atoms with Crippen LogP contribution in [0.1, 0.15) is 60.9 Å². The summed E-state index contributed by atoms with van der Waals surface area (Å²) in [5, 5.41) is 1.09. The second-order valence-corrected chi connectivity index (χ2v) is 6.24. The Bertz CT molecular complexity index is 603. The summed E-state index contributed by atoms with van der Waals surface area (Å²) in [6.45, 7) is 2.08. The van der Waals surface area contributed by atoms with Gasteiger partial charge in [-0.25, -0.2) is 0 Å². The minimum Gasteiger partial charge on any atom is -0.360 e. The van der Waals surface area contributed by atoms with Crippen LogP contribution in [0.4, 0.5) is 0 Å². The second kappa shape index (κ2) is 5.82. The van der Waals surface area contributed by atoms with Crippen molar-refractivity contribution in [2.75, 3.05) is 0 Å². The van der Waals surface area contributed by atoms with Gasteiger partial charge in [0.2, 0.25) is 0 Å². The summed E-state index contributed by atoms with van der Waals surface area (Å²) in [5.74, 6) is 0.911. The van der Waals surface area contributed by atoms with Crippen LogP contribution < -0.4 is 0 Å². The Morgan fingerprint density at radius 3 is 2.70 bits per heavy atom. The van der Waals surface area contributed by atoms with Crippen LogP contribution in [0.25, 0.3) is 10.9 Å². The molecule has 1 N–H and O–H groups in total. The van der Waals surface area contributed by atoms with Gasteiger partial charge < -0.3 is 4.98 Å². The Labute approximate surface area is 120 Å². The van der Waals surface area contributed by atoms with Crippen molar-refractivity contribution < 1.29 is 4.79 Å². The van der Waals surface area contributed by atoms with Crippen molar-refractivity contribution in [3.05, 3.63) is 35.5 Å². The number of benzene rings is 1. The third-order valence-corrected chi connectivity index (χ3v) is 4.59. The second-order valence-electron chi connectivity index (χ2n) is 6.24. The standard InChI is InChI=1S/C18H23NO/c1-13-8-9-17-15(10-13)16(12-19-17)18(20)11-14-6-4-2-3-5-7-14/h8-10,12,14,19H,2-7,11H2,1H3. The van der Waals surface area contributed by atoms with Crippen LogP contribution in [0.2, 0.25) is 0 Å². The number of carbonyl (C=O) groups excluding carboxylic acids is 1. The van der Waals surface area contributed by atoms with Crippen molar-refractivity contribution in [3.8, 4) is 0 Å². The Balaban J connectivity index is 1.79. The predicted molar refractivity (Wildman–Crippen MR) is 83.2 cm³/mol. The number of H-pyrrole nitrogens is 1. The Hall–Kier alpha value is -1.57. The van der Waals surface area contributed by atoms with Gasteiger partial charge in [-0.2, -0.15) is 0 Å². The molecule has 0 aliphatic heterocycles. The van der Waals surface area contributed by atoms with Crippen molar-refractivity contribution in [3.63, 3.8) is 0 Å².